The lowest BCUT2D eigenvalue weighted by molar-refractivity contribution is -0.345. The van der Waals surface area contributed by atoms with Crippen LogP contribution < -0.4 is 0 Å². The first kappa shape index (κ1) is 43.8. The van der Waals surface area contributed by atoms with E-state index in [2.05, 4.69) is 34.6 Å². The van der Waals surface area contributed by atoms with Gasteiger partial charge in [-0.25, -0.2) is 0 Å². The SMILES string of the molecule is C/C(=C\CC[C@](C)(O[C@@H]1O[C@H](CO[C@@H]2OC[C@@H](O)[C@@H](O)[C@H]2O)[C@@H](O)[C@@H](O)[C@H]1O)[C@@H]1CC[C@]2(C)[C@H]1[C@H](O)C[C@@H]1[C@@]3(C)C[C@H](O)[C@H](O)C(C)(C)[C@H]3CC[C@]12C)CO. The summed E-state index contributed by atoms with van der Waals surface area (Å²) in [5.41, 5.74) is -1.58. The van der Waals surface area contributed by atoms with E-state index >= 15 is 0 Å². The second-order valence-corrected chi connectivity index (χ2v) is 19.8. The number of aliphatic hydroxyl groups is 10. The fraction of sp³-hybridized carbons (Fsp3) is 0.951. The zero-order valence-electron chi connectivity index (χ0n) is 33.7. The van der Waals surface area contributed by atoms with E-state index in [-0.39, 0.29) is 53.1 Å². The minimum atomic E-state index is -1.68. The van der Waals surface area contributed by atoms with Crippen LogP contribution >= 0.6 is 0 Å². The zero-order valence-corrected chi connectivity index (χ0v) is 33.7. The molecule has 0 aromatic rings. The Labute approximate surface area is 325 Å². The molecule has 6 aliphatic rings. The maximum absolute atomic E-state index is 12.4. The van der Waals surface area contributed by atoms with Gasteiger partial charge in [0.25, 0.3) is 0 Å². The Balaban J connectivity index is 1.27. The monoisotopic (exact) mass is 786 g/mol. The molecule has 0 unspecified atom stereocenters. The number of allylic oxidation sites excluding steroid dienone is 1. The van der Waals surface area contributed by atoms with Crippen LogP contribution in [0.5, 0.6) is 0 Å². The van der Waals surface area contributed by atoms with Gasteiger partial charge in [0.1, 0.15) is 42.7 Å². The Kier molecular flexibility index (Phi) is 12.5. The van der Waals surface area contributed by atoms with E-state index in [1.165, 1.54) is 0 Å². The normalized spacial score (nSPS) is 52.5. The lowest BCUT2D eigenvalue weighted by Crippen LogP contribution is -2.68. The average molecular weight is 787 g/mol. The highest BCUT2D eigenvalue weighted by Gasteiger charge is 2.72. The quantitative estimate of drug-likeness (QED) is 0.138. The maximum atomic E-state index is 12.4. The van der Waals surface area contributed by atoms with Gasteiger partial charge in [0, 0.05) is 0 Å². The van der Waals surface area contributed by atoms with Crippen LogP contribution in [-0.2, 0) is 18.9 Å². The summed E-state index contributed by atoms with van der Waals surface area (Å²) in [6, 6.07) is 0. The molecule has 2 heterocycles. The third-order valence-electron chi connectivity index (χ3n) is 16.4. The third kappa shape index (κ3) is 7.19. The highest BCUT2D eigenvalue weighted by Crippen LogP contribution is 2.76. The van der Waals surface area contributed by atoms with E-state index in [0.29, 0.717) is 32.1 Å². The Bertz CT molecular complexity index is 1380. The Morgan fingerprint density at radius 3 is 2.11 bits per heavy atom. The zero-order chi connectivity index (χ0) is 40.6. The van der Waals surface area contributed by atoms with E-state index in [4.69, 9.17) is 18.9 Å². The van der Waals surface area contributed by atoms with Crippen LogP contribution in [0.2, 0.25) is 0 Å². The standard InChI is InChI=1S/C41H70O14/c1-20(17-42)9-8-12-41(7,55-36-33(50)31(48)30(47)25(54-36)19-53-35-32(49)29(46)24(45)18-52-35)21-10-13-40(6)28(21)22(43)15-27-38(4)16-23(44)34(51)37(2,3)26(38)11-14-39(27,40)5/h9,21-36,42-51H,8,10-19H2,1-7H3/b20-9+/t21-,22-,23+,24-,25-,26-,27-,28-,29-,30-,31-,32-,33-,34+,35+,36+,38+,39-,40-,41+/m1/s1. The van der Waals surface area contributed by atoms with Gasteiger partial charge >= 0.3 is 0 Å². The van der Waals surface area contributed by atoms with Crippen LogP contribution in [0.4, 0.5) is 0 Å². The first-order valence-corrected chi connectivity index (χ1v) is 20.5. The van der Waals surface area contributed by atoms with Crippen molar-refractivity contribution in [1.82, 2.24) is 0 Å². The van der Waals surface area contributed by atoms with Crippen molar-refractivity contribution in [3.05, 3.63) is 11.6 Å². The minimum Gasteiger partial charge on any atom is -0.393 e. The lowest BCUT2D eigenvalue weighted by atomic mass is 9.35. The topological polar surface area (TPSA) is 239 Å². The molecule has 2 aliphatic heterocycles. The van der Waals surface area contributed by atoms with Gasteiger partial charge in [-0.15, -0.1) is 0 Å². The molecule has 6 fully saturated rings. The molecule has 10 N–H and O–H groups in total. The summed E-state index contributed by atoms with van der Waals surface area (Å²) in [5.74, 6) is -0.170. The van der Waals surface area contributed by atoms with E-state index < -0.39 is 91.2 Å². The molecule has 14 nitrogen and oxygen atoms in total. The number of hydrogen-bond donors (Lipinski definition) is 10. The van der Waals surface area contributed by atoms with Crippen molar-refractivity contribution in [1.29, 1.82) is 0 Å². The summed E-state index contributed by atoms with van der Waals surface area (Å²) in [6.45, 7) is 14.0. The molecule has 0 aromatic heterocycles. The van der Waals surface area contributed by atoms with Gasteiger partial charge in [-0.1, -0.05) is 46.3 Å². The molecule has 6 rings (SSSR count). The predicted octanol–water partition coefficient (Wildman–Crippen LogP) is 0.731. The second-order valence-electron chi connectivity index (χ2n) is 19.8. The molecule has 0 bridgehead atoms. The van der Waals surface area contributed by atoms with Crippen molar-refractivity contribution in [2.75, 3.05) is 19.8 Å². The molecule has 4 saturated carbocycles. The van der Waals surface area contributed by atoms with Crippen molar-refractivity contribution >= 4 is 0 Å². The first-order valence-electron chi connectivity index (χ1n) is 20.5. The minimum absolute atomic E-state index is 0.0921. The van der Waals surface area contributed by atoms with Crippen LogP contribution in [-0.4, -0.2) is 150 Å². The van der Waals surface area contributed by atoms with Gasteiger partial charge in [0.05, 0.1) is 43.7 Å². The predicted molar refractivity (Wildman–Crippen MR) is 198 cm³/mol. The van der Waals surface area contributed by atoms with Crippen LogP contribution in [0.25, 0.3) is 0 Å². The second kappa shape index (κ2) is 15.7. The van der Waals surface area contributed by atoms with E-state index in [9.17, 15) is 51.1 Å². The molecule has 0 amide bonds. The molecular formula is C41H70O14. The molecular weight excluding hydrogens is 716 g/mol. The fourth-order valence-corrected chi connectivity index (χ4v) is 13.1. The summed E-state index contributed by atoms with van der Waals surface area (Å²) >= 11 is 0. The maximum Gasteiger partial charge on any atom is 0.187 e. The Hall–Kier alpha value is -0.820. The van der Waals surface area contributed by atoms with Gasteiger partial charge in [-0.2, -0.15) is 0 Å². The molecule has 2 saturated heterocycles. The van der Waals surface area contributed by atoms with Gasteiger partial charge in [-0.3, -0.25) is 0 Å². The number of fused-ring (bicyclic) bond motifs is 5. The van der Waals surface area contributed by atoms with Gasteiger partial charge in [0.2, 0.25) is 0 Å². The highest BCUT2D eigenvalue weighted by atomic mass is 16.7. The largest absolute Gasteiger partial charge is 0.393 e. The molecule has 55 heavy (non-hydrogen) atoms. The summed E-state index contributed by atoms with van der Waals surface area (Å²) in [4.78, 5) is 0. The number of ether oxygens (including phenoxy) is 4. The summed E-state index contributed by atoms with van der Waals surface area (Å²) < 4.78 is 24.0. The van der Waals surface area contributed by atoms with Crippen LogP contribution in [0.15, 0.2) is 11.6 Å². The van der Waals surface area contributed by atoms with Crippen molar-refractivity contribution in [2.24, 2.45) is 45.3 Å². The molecule has 20 atom stereocenters. The van der Waals surface area contributed by atoms with Gasteiger partial charge < -0.3 is 70.0 Å². The molecule has 4 aliphatic carbocycles. The first-order chi connectivity index (χ1) is 25.6. The summed E-state index contributed by atoms with van der Waals surface area (Å²) in [7, 11) is 0. The molecule has 0 aromatic carbocycles. The van der Waals surface area contributed by atoms with E-state index in [1.807, 2.05) is 19.9 Å². The van der Waals surface area contributed by atoms with Crippen molar-refractivity contribution in [2.45, 2.75) is 179 Å². The van der Waals surface area contributed by atoms with Crippen LogP contribution in [0, 0.1) is 45.3 Å². The smallest absolute Gasteiger partial charge is 0.187 e. The summed E-state index contributed by atoms with van der Waals surface area (Å²) in [6.07, 6.45) is -8.49. The number of hydrogen-bond acceptors (Lipinski definition) is 14. The molecule has 318 valence electrons. The fourth-order valence-electron chi connectivity index (χ4n) is 13.1. The number of aliphatic hydroxyl groups excluding tert-OH is 10. The van der Waals surface area contributed by atoms with Crippen LogP contribution in [0.3, 0.4) is 0 Å². The summed E-state index contributed by atoms with van der Waals surface area (Å²) in [5, 5.41) is 108. The van der Waals surface area contributed by atoms with Crippen LogP contribution in [0.1, 0.15) is 99.8 Å². The van der Waals surface area contributed by atoms with Crippen molar-refractivity contribution in [3.8, 4) is 0 Å². The van der Waals surface area contributed by atoms with Crippen molar-refractivity contribution < 1.29 is 70.0 Å². The van der Waals surface area contributed by atoms with E-state index in [1.54, 1.807) is 0 Å². The highest BCUT2D eigenvalue weighted by molar-refractivity contribution is 5.21. The molecule has 14 heteroatoms. The average Bonchev–Trinajstić information content (AvgIpc) is 3.51. The van der Waals surface area contributed by atoms with Gasteiger partial charge in [-0.05, 0) is 111 Å². The van der Waals surface area contributed by atoms with Gasteiger partial charge in [0.15, 0.2) is 12.6 Å². The van der Waals surface area contributed by atoms with E-state index in [0.717, 1.165) is 24.8 Å². The third-order valence-corrected chi connectivity index (χ3v) is 16.4. The number of rotatable bonds is 10. The Morgan fingerprint density at radius 1 is 0.782 bits per heavy atom. The van der Waals surface area contributed by atoms with Crippen molar-refractivity contribution in [3.63, 3.8) is 0 Å². The molecule has 0 spiro atoms. The Morgan fingerprint density at radius 2 is 1.44 bits per heavy atom. The molecule has 0 radical (unpaired) electrons. The lowest BCUT2D eigenvalue weighted by Gasteiger charge is -2.71.